The molecule has 1 heterocycles. The van der Waals surface area contributed by atoms with Crippen LogP contribution < -0.4 is 4.74 Å². The summed E-state index contributed by atoms with van der Waals surface area (Å²) in [5.41, 5.74) is 0.0731. The van der Waals surface area contributed by atoms with Gasteiger partial charge in [0.25, 0.3) is 5.91 Å². The standard InChI is InChI=1S/C22H24ClFN2O3/c23-18-8-2-4-10-20(18)29-16-5-11-21(27)25-12-6-13-26(15-14-25)22(28)17-7-1-3-9-19(17)24/h1-4,7-10H,5-6,11-16H2. The van der Waals surface area contributed by atoms with Gasteiger partial charge in [-0.2, -0.15) is 0 Å². The Bertz CT molecular complexity index is 861. The number of rotatable bonds is 6. The fourth-order valence-electron chi connectivity index (χ4n) is 3.30. The van der Waals surface area contributed by atoms with Crippen LogP contribution in [0.3, 0.4) is 0 Å². The molecule has 0 aromatic heterocycles. The van der Waals surface area contributed by atoms with Crippen molar-refractivity contribution in [1.29, 1.82) is 0 Å². The molecule has 5 nitrogen and oxygen atoms in total. The first kappa shape index (κ1) is 21.1. The van der Waals surface area contributed by atoms with Crippen molar-refractivity contribution in [3.05, 3.63) is 64.9 Å². The van der Waals surface area contributed by atoms with E-state index in [4.69, 9.17) is 16.3 Å². The van der Waals surface area contributed by atoms with E-state index in [2.05, 4.69) is 0 Å². The molecule has 2 aromatic rings. The Kier molecular flexibility index (Phi) is 7.47. The summed E-state index contributed by atoms with van der Waals surface area (Å²) >= 11 is 6.04. The highest BCUT2D eigenvalue weighted by Crippen LogP contribution is 2.23. The molecule has 0 unspecified atom stereocenters. The number of hydrogen-bond donors (Lipinski definition) is 0. The molecule has 1 saturated heterocycles. The third-order valence-electron chi connectivity index (χ3n) is 4.87. The maximum absolute atomic E-state index is 13.9. The third-order valence-corrected chi connectivity index (χ3v) is 5.18. The average molecular weight is 419 g/mol. The van der Waals surface area contributed by atoms with Gasteiger partial charge in [0.2, 0.25) is 5.91 Å². The maximum Gasteiger partial charge on any atom is 0.256 e. The lowest BCUT2D eigenvalue weighted by molar-refractivity contribution is -0.131. The first-order valence-corrected chi connectivity index (χ1v) is 10.1. The molecular formula is C22H24ClFN2O3. The van der Waals surface area contributed by atoms with Gasteiger partial charge >= 0.3 is 0 Å². The lowest BCUT2D eigenvalue weighted by Gasteiger charge is -2.22. The van der Waals surface area contributed by atoms with Gasteiger partial charge < -0.3 is 14.5 Å². The van der Waals surface area contributed by atoms with Crippen LogP contribution in [-0.2, 0) is 4.79 Å². The Morgan fingerprint density at radius 1 is 0.966 bits per heavy atom. The van der Waals surface area contributed by atoms with E-state index >= 15 is 0 Å². The van der Waals surface area contributed by atoms with Gasteiger partial charge in [-0.05, 0) is 37.1 Å². The van der Waals surface area contributed by atoms with Gasteiger partial charge in [0.15, 0.2) is 0 Å². The summed E-state index contributed by atoms with van der Waals surface area (Å²) in [6, 6.07) is 13.2. The second-order valence-electron chi connectivity index (χ2n) is 6.89. The molecule has 0 spiro atoms. The summed E-state index contributed by atoms with van der Waals surface area (Å²) in [6.07, 6.45) is 1.62. The van der Waals surface area contributed by atoms with Crippen molar-refractivity contribution < 1.29 is 18.7 Å². The number of benzene rings is 2. The highest BCUT2D eigenvalue weighted by molar-refractivity contribution is 6.32. The summed E-state index contributed by atoms with van der Waals surface area (Å²) in [4.78, 5) is 28.5. The zero-order chi connectivity index (χ0) is 20.6. The molecule has 0 bridgehead atoms. The first-order valence-electron chi connectivity index (χ1n) is 9.75. The van der Waals surface area contributed by atoms with Crippen LogP contribution in [0.25, 0.3) is 0 Å². The lowest BCUT2D eigenvalue weighted by Crippen LogP contribution is -2.37. The Balaban J connectivity index is 1.45. The van der Waals surface area contributed by atoms with E-state index in [9.17, 15) is 14.0 Å². The number of nitrogens with zero attached hydrogens (tertiary/aromatic N) is 2. The van der Waals surface area contributed by atoms with Crippen LogP contribution in [0.4, 0.5) is 4.39 Å². The van der Waals surface area contributed by atoms with E-state index in [1.165, 1.54) is 12.1 Å². The molecular weight excluding hydrogens is 395 g/mol. The van der Waals surface area contributed by atoms with Crippen molar-refractivity contribution in [2.45, 2.75) is 19.3 Å². The van der Waals surface area contributed by atoms with Crippen molar-refractivity contribution in [1.82, 2.24) is 9.80 Å². The minimum atomic E-state index is -0.520. The zero-order valence-electron chi connectivity index (χ0n) is 16.2. The summed E-state index contributed by atoms with van der Waals surface area (Å²) in [5.74, 6) is -0.203. The molecule has 1 aliphatic rings. The smallest absolute Gasteiger partial charge is 0.256 e. The van der Waals surface area contributed by atoms with Gasteiger partial charge in [-0.25, -0.2) is 4.39 Å². The summed E-state index contributed by atoms with van der Waals surface area (Å²) in [7, 11) is 0. The summed E-state index contributed by atoms with van der Waals surface area (Å²) in [6.45, 7) is 2.35. The predicted octanol–water partition coefficient (Wildman–Crippen LogP) is 4.01. The maximum atomic E-state index is 13.9. The third kappa shape index (κ3) is 5.70. The normalized spacial score (nSPS) is 14.4. The van der Waals surface area contributed by atoms with E-state index in [0.717, 1.165) is 0 Å². The van der Waals surface area contributed by atoms with Crippen molar-refractivity contribution >= 4 is 23.4 Å². The molecule has 1 aliphatic heterocycles. The van der Waals surface area contributed by atoms with Crippen LogP contribution in [0, 0.1) is 5.82 Å². The Morgan fingerprint density at radius 3 is 2.45 bits per heavy atom. The Morgan fingerprint density at radius 2 is 1.66 bits per heavy atom. The highest BCUT2D eigenvalue weighted by Gasteiger charge is 2.24. The Hall–Kier alpha value is -2.60. The van der Waals surface area contributed by atoms with Crippen LogP contribution in [0.5, 0.6) is 5.75 Å². The number of carbonyl (C=O) groups excluding carboxylic acids is 2. The van der Waals surface area contributed by atoms with Gasteiger partial charge in [0, 0.05) is 32.6 Å². The van der Waals surface area contributed by atoms with Gasteiger partial charge in [0.05, 0.1) is 17.2 Å². The van der Waals surface area contributed by atoms with Gasteiger partial charge in [-0.15, -0.1) is 0 Å². The van der Waals surface area contributed by atoms with Crippen molar-refractivity contribution in [2.24, 2.45) is 0 Å². The molecule has 29 heavy (non-hydrogen) atoms. The van der Waals surface area contributed by atoms with Gasteiger partial charge in [-0.1, -0.05) is 35.9 Å². The van der Waals surface area contributed by atoms with Crippen LogP contribution in [0.1, 0.15) is 29.6 Å². The van der Waals surface area contributed by atoms with Crippen LogP contribution in [-0.4, -0.2) is 54.4 Å². The second kappa shape index (κ2) is 10.3. The monoisotopic (exact) mass is 418 g/mol. The van der Waals surface area contributed by atoms with Crippen molar-refractivity contribution in [2.75, 3.05) is 32.8 Å². The molecule has 0 atom stereocenters. The van der Waals surface area contributed by atoms with Crippen molar-refractivity contribution in [3.8, 4) is 5.75 Å². The van der Waals surface area contributed by atoms with Crippen LogP contribution in [0.2, 0.25) is 5.02 Å². The van der Waals surface area contributed by atoms with Gasteiger partial charge in [-0.3, -0.25) is 9.59 Å². The molecule has 0 N–H and O–H groups in total. The van der Waals surface area contributed by atoms with E-state index < -0.39 is 5.82 Å². The molecule has 2 amide bonds. The molecule has 0 saturated carbocycles. The zero-order valence-corrected chi connectivity index (χ0v) is 16.9. The first-order chi connectivity index (χ1) is 14.1. The molecule has 154 valence electrons. The van der Waals surface area contributed by atoms with E-state index in [0.29, 0.717) is 62.8 Å². The number of hydrogen-bond acceptors (Lipinski definition) is 3. The fraction of sp³-hybridized carbons (Fsp3) is 0.364. The molecule has 0 aliphatic carbocycles. The van der Waals surface area contributed by atoms with Gasteiger partial charge in [0.1, 0.15) is 11.6 Å². The molecule has 7 heteroatoms. The predicted molar refractivity (Wildman–Crippen MR) is 110 cm³/mol. The number of amides is 2. The number of ether oxygens (including phenoxy) is 1. The van der Waals surface area contributed by atoms with E-state index in [-0.39, 0.29) is 17.4 Å². The SMILES string of the molecule is O=C(CCCOc1ccccc1Cl)N1CCCN(C(=O)c2ccccc2F)CC1. The molecule has 3 rings (SSSR count). The molecule has 2 aromatic carbocycles. The summed E-state index contributed by atoms with van der Waals surface area (Å²) < 4.78 is 19.5. The average Bonchev–Trinajstić information content (AvgIpc) is 2.98. The fourth-order valence-corrected chi connectivity index (χ4v) is 3.49. The minimum absolute atomic E-state index is 0.0351. The number of carbonyl (C=O) groups is 2. The summed E-state index contributed by atoms with van der Waals surface area (Å²) in [5, 5.41) is 0.547. The highest BCUT2D eigenvalue weighted by atomic mass is 35.5. The number of halogens is 2. The van der Waals surface area contributed by atoms with E-state index in [1.54, 1.807) is 34.1 Å². The number of para-hydroxylation sites is 1. The topological polar surface area (TPSA) is 49.9 Å². The minimum Gasteiger partial charge on any atom is -0.492 e. The van der Waals surface area contributed by atoms with Crippen LogP contribution >= 0.6 is 11.6 Å². The van der Waals surface area contributed by atoms with Crippen LogP contribution in [0.15, 0.2) is 48.5 Å². The molecule has 0 radical (unpaired) electrons. The largest absolute Gasteiger partial charge is 0.492 e. The Labute approximate surface area is 175 Å². The van der Waals surface area contributed by atoms with Crippen molar-refractivity contribution in [3.63, 3.8) is 0 Å². The van der Waals surface area contributed by atoms with E-state index in [1.807, 2.05) is 12.1 Å². The molecule has 1 fully saturated rings. The quantitative estimate of drug-likeness (QED) is 0.666. The lowest BCUT2D eigenvalue weighted by atomic mass is 10.2. The second-order valence-corrected chi connectivity index (χ2v) is 7.30.